The molecular formula is C30H43FN4O6. The van der Waals surface area contributed by atoms with E-state index < -0.39 is 47.7 Å². The smallest absolute Gasteiger partial charge is 0.410 e. The van der Waals surface area contributed by atoms with E-state index in [4.69, 9.17) is 4.74 Å². The highest BCUT2D eigenvalue weighted by molar-refractivity contribution is 5.94. The van der Waals surface area contributed by atoms with Crippen LogP contribution in [-0.2, 0) is 25.5 Å². The summed E-state index contributed by atoms with van der Waals surface area (Å²) in [5.41, 5.74) is 1.04. The van der Waals surface area contributed by atoms with Gasteiger partial charge in [-0.15, -0.1) is 0 Å². The van der Waals surface area contributed by atoms with Crippen molar-refractivity contribution in [3.8, 4) is 0 Å². The van der Waals surface area contributed by atoms with Gasteiger partial charge in [-0.05, 0) is 95.9 Å². The number of halogens is 1. The Balaban J connectivity index is 1.47. The second kappa shape index (κ2) is 12.3. The highest BCUT2D eigenvalue weighted by Gasteiger charge is 2.46. The monoisotopic (exact) mass is 574 g/mol. The van der Waals surface area contributed by atoms with Gasteiger partial charge in [-0.1, -0.05) is 6.07 Å². The zero-order valence-electron chi connectivity index (χ0n) is 24.6. The summed E-state index contributed by atoms with van der Waals surface area (Å²) in [6.45, 7) is 6.71. The number of aliphatic hydroxyl groups excluding tert-OH is 1. The maximum Gasteiger partial charge on any atom is 0.410 e. The number of benzene rings is 1. The van der Waals surface area contributed by atoms with E-state index in [1.54, 1.807) is 31.7 Å². The molecule has 0 bridgehead atoms. The number of amides is 4. The summed E-state index contributed by atoms with van der Waals surface area (Å²) >= 11 is 0. The lowest BCUT2D eigenvalue weighted by Gasteiger charge is -2.37. The normalized spacial score (nSPS) is 27.0. The first-order valence-electron chi connectivity index (χ1n) is 14.6. The number of likely N-dealkylation sites (N-methyl/N-ethyl adjacent to an activating group) is 1. The van der Waals surface area contributed by atoms with E-state index in [1.165, 1.54) is 26.1 Å². The van der Waals surface area contributed by atoms with Gasteiger partial charge in [0.15, 0.2) is 0 Å². The molecule has 2 fully saturated rings. The Morgan fingerprint density at radius 3 is 2.51 bits per heavy atom. The molecule has 0 spiro atoms. The Morgan fingerprint density at radius 2 is 1.80 bits per heavy atom. The Morgan fingerprint density at radius 1 is 1.10 bits per heavy atom. The quantitative estimate of drug-likeness (QED) is 0.496. The Labute approximate surface area is 241 Å². The van der Waals surface area contributed by atoms with Gasteiger partial charge < -0.3 is 25.4 Å². The summed E-state index contributed by atoms with van der Waals surface area (Å²) < 4.78 is 19.1. The van der Waals surface area contributed by atoms with Gasteiger partial charge in [0.1, 0.15) is 29.5 Å². The number of carbonyl (C=O) groups excluding carboxylic acids is 4. The van der Waals surface area contributed by atoms with Crippen molar-refractivity contribution in [2.75, 3.05) is 7.05 Å². The molecule has 0 saturated carbocycles. The van der Waals surface area contributed by atoms with Crippen LogP contribution >= 0.6 is 0 Å². The van der Waals surface area contributed by atoms with Crippen LogP contribution < -0.4 is 10.6 Å². The summed E-state index contributed by atoms with van der Waals surface area (Å²) in [4.78, 5) is 55.9. The van der Waals surface area contributed by atoms with Gasteiger partial charge in [0.2, 0.25) is 17.7 Å². The molecule has 10 nitrogen and oxygen atoms in total. The van der Waals surface area contributed by atoms with Crippen molar-refractivity contribution in [2.45, 2.75) is 121 Å². The molecule has 6 atom stereocenters. The van der Waals surface area contributed by atoms with E-state index in [2.05, 4.69) is 10.6 Å². The van der Waals surface area contributed by atoms with Crippen LogP contribution in [0.4, 0.5) is 9.18 Å². The number of ether oxygens (including phenoxy) is 1. The molecule has 4 rings (SSSR count). The highest BCUT2D eigenvalue weighted by atomic mass is 19.1. The number of hydrogen-bond donors (Lipinski definition) is 3. The summed E-state index contributed by atoms with van der Waals surface area (Å²) in [6, 6.07) is 1.42. The van der Waals surface area contributed by atoms with E-state index in [9.17, 15) is 28.7 Å². The van der Waals surface area contributed by atoms with Gasteiger partial charge in [0.25, 0.3) is 0 Å². The largest absolute Gasteiger partial charge is 0.444 e. The fourth-order valence-corrected chi connectivity index (χ4v) is 6.09. The first kappa shape index (κ1) is 30.7. The van der Waals surface area contributed by atoms with Crippen molar-refractivity contribution in [1.29, 1.82) is 0 Å². The van der Waals surface area contributed by atoms with Crippen LogP contribution in [0.3, 0.4) is 0 Å². The molecule has 41 heavy (non-hydrogen) atoms. The Kier molecular flexibility index (Phi) is 9.25. The number of nitrogens with zero attached hydrogens (tertiary/aromatic N) is 2. The third kappa shape index (κ3) is 7.17. The maximum atomic E-state index is 13.9. The minimum absolute atomic E-state index is 0.00652. The molecule has 1 unspecified atom stereocenters. The van der Waals surface area contributed by atoms with Crippen molar-refractivity contribution >= 4 is 23.8 Å². The second-order valence-corrected chi connectivity index (χ2v) is 12.6. The zero-order valence-corrected chi connectivity index (χ0v) is 24.6. The van der Waals surface area contributed by atoms with Crippen molar-refractivity contribution in [3.05, 3.63) is 35.1 Å². The number of nitrogens with one attached hydrogen (secondary N) is 2. The van der Waals surface area contributed by atoms with Crippen LogP contribution in [0.5, 0.6) is 0 Å². The molecule has 1 aromatic carbocycles. The third-order valence-corrected chi connectivity index (χ3v) is 8.39. The van der Waals surface area contributed by atoms with E-state index in [-0.39, 0.29) is 30.2 Å². The molecule has 1 aliphatic carbocycles. The van der Waals surface area contributed by atoms with E-state index in [0.717, 1.165) is 35.3 Å². The van der Waals surface area contributed by atoms with Gasteiger partial charge in [-0.3, -0.25) is 19.3 Å². The lowest BCUT2D eigenvalue weighted by atomic mass is 9.87. The number of aryl methyl sites for hydroxylation is 1. The molecule has 2 heterocycles. The highest BCUT2D eigenvalue weighted by Crippen LogP contribution is 2.34. The number of fused-ring (bicyclic) bond motifs is 2. The molecule has 226 valence electrons. The average Bonchev–Trinajstić information content (AvgIpc) is 3.32. The fourth-order valence-electron chi connectivity index (χ4n) is 6.09. The van der Waals surface area contributed by atoms with Gasteiger partial charge in [0, 0.05) is 19.5 Å². The summed E-state index contributed by atoms with van der Waals surface area (Å²) in [6.07, 6.45) is 2.91. The summed E-state index contributed by atoms with van der Waals surface area (Å²) in [5.74, 6) is -1.56. The molecule has 3 N–H and O–H groups in total. The second-order valence-electron chi connectivity index (χ2n) is 12.6. The molecule has 4 amide bonds. The van der Waals surface area contributed by atoms with Gasteiger partial charge >= 0.3 is 6.09 Å². The zero-order chi connectivity index (χ0) is 30.1. The van der Waals surface area contributed by atoms with Crippen molar-refractivity contribution in [2.24, 2.45) is 0 Å². The van der Waals surface area contributed by atoms with Gasteiger partial charge in [0.05, 0.1) is 12.1 Å². The molecule has 3 aliphatic rings. The van der Waals surface area contributed by atoms with Crippen LogP contribution in [0.15, 0.2) is 18.2 Å². The number of aliphatic hydroxyl groups is 1. The minimum atomic E-state index is -1.05. The minimum Gasteiger partial charge on any atom is -0.444 e. The number of hydrogen-bond acceptors (Lipinski definition) is 6. The molecule has 0 aromatic heterocycles. The van der Waals surface area contributed by atoms with Crippen LogP contribution in [0.1, 0.15) is 89.8 Å². The van der Waals surface area contributed by atoms with Crippen molar-refractivity contribution < 1.29 is 33.4 Å². The van der Waals surface area contributed by atoms with Crippen LogP contribution in [-0.4, -0.2) is 81.6 Å². The maximum absolute atomic E-state index is 13.9. The van der Waals surface area contributed by atoms with E-state index in [0.29, 0.717) is 25.7 Å². The third-order valence-electron chi connectivity index (χ3n) is 8.39. The van der Waals surface area contributed by atoms with Crippen molar-refractivity contribution in [1.82, 2.24) is 20.4 Å². The molecular weight excluding hydrogens is 531 g/mol. The predicted octanol–water partition coefficient (Wildman–Crippen LogP) is 2.96. The van der Waals surface area contributed by atoms with Crippen LogP contribution in [0, 0.1) is 5.82 Å². The molecule has 11 heteroatoms. The van der Waals surface area contributed by atoms with Gasteiger partial charge in [-0.25, -0.2) is 9.18 Å². The first-order chi connectivity index (χ1) is 19.2. The Bertz CT molecular complexity index is 1170. The molecule has 0 radical (unpaired) electrons. The van der Waals surface area contributed by atoms with Crippen molar-refractivity contribution in [3.63, 3.8) is 0 Å². The topological polar surface area (TPSA) is 128 Å². The number of carbonyl (C=O) groups is 4. The lowest BCUT2D eigenvalue weighted by molar-refractivity contribution is -0.146. The van der Waals surface area contributed by atoms with Gasteiger partial charge in [-0.2, -0.15) is 0 Å². The van der Waals surface area contributed by atoms with Crippen LogP contribution in [0.2, 0.25) is 0 Å². The predicted molar refractivity (Wildman–Crippen MR) is 149 cm³/mol. The first-order valence-corrected chi connectivity index (χ1v) is 14.6. The summed E-state index contributed by atoms with van der Waals surface area (Å²) in [5, 5.41) is 16.4. The van der Waals surface area contributed by atoms with E-state index >= 15 is 0 Å². The SMILES string of the molecule is C[C@@H](C(=O)N[C@H]1CC(O)CC[C@H]2CC[C@@H](C(=O)N[C@H]3CCCc4cc(F)ccc43)N2C1=O)N(C)C(=O)OC(C)(C)C. The lowest BCUT2D eigenvalue weighted by Crippen LogP contribution is -2.59. The fraction of sp³-hybridized carbons (Fsp3) is 0.667. The standard InChI is InChI=1S/C30H43FN4O6/c1-17(34(5)29(40)41-30(2,3)4)26(37)33-24-16-21(36)12-10-20-11-14-25(35(20)28(24)39)27(38)32-23-8-6-7-18-15-19(31)9-13-22(18)23/h9,13,15,17,20-21,23-25,36H,6-8,10-12,14,16H2,1-5H3,(H,32,38)(H,33,37)/t17-,20-,21?,23-,24-,25-/m0/s1. The molecule has 1 aromatic rings. The molecule has 2 saturated heterocycles. The summed E-state index contributed by atoms with van der Waals surface area (Å²) in [7, 11) is 1.45. The average molecular weight is 575 g/mol. The van der Waals surface area contributed by atoms with E-state index in [1.807, 2.05) is 0 Å². The Hall–Kier alpha value is -3.21. The number of rotatable bonds is 5. The van der Waals surface area contributed by atoms with Crippen LogP contribution in [0.25, 0.3) is 0 Å². The molecule has 2 aliphatic heterocycles.